The Morgan fingerprint density at radius 3 is 2.38 bits per heavy atom. The Balaban J connectivity index is 2.95. The molecule has 0 saturated carbocycles. The van der Waals surface area contributed by atoms with Crippen LogP contribution >= 0.6 is 0 Å². The lowest BCUT2D eigenvalue weighted by atomic mass is 10.0. The highest BCUT2D eigenvalue weighted by molar-refractivity contribution is 5.22. The number of halogens is 2. The molecule has 0 amide bonds. The van der Waals surface area contributed by atoms with Gasteiger partial charge in [0, 0.05) is 4.91 Å². The third-order valence-corrected chi connectivity index (χ3v) is 1.99. The van der Waals surface area contributed by atoms with Crippen molar-refractivity contribution in [1.82, 2.24) is 0 Å². The van der Waals surface area contributed by atoms with Crippen molar-refractivity contribution in [3.05, 3.63) is 45.8 Å². The molecule has 2 unspecified atom stereocenters. The van der Waals surface area contributed by atoms with E-state index in [4.69, 9.17) is 5.53 Å². The maximum atomic E-state index is 13.2. The fourth-order valence-electron chi connectivity index (χ4n) is 1.21. The molecule has 0 aliphatic rings. The topological polar surface area (TPSA) is 89.2 Å². The fraction of sp³-hybridized carbons (Fsp3) is 0.333. The summed E-state index contributed by atoms with van der Waals surface area (Å²) in [5.74, 6) is -1.93. The van der Waals surface area contributed by atoms with E-state index >= 15 is 0 Å². The second-order valence-corrected chi connectivity index (χ2v) is 3.06. The lowest BCUT2D eigenvalue weighted by Crippen LogP contribution is -2.23. The van der Waals surface area contributed by atoms with Crippen LogP contribution in [0, 0.1) is 11.6 Å². The SMILES string of the molecule is [N-]=[N+]=NCC(O)C(O)c1c(F)cccc1F. The molecule has 86 valence electrons. The maximum Gasteiger partial charge on any atom is 0.132 e. The van der Waals surface area contributed by atoms with Crippen LogP contribution in [0.2, 0.25) is 0 Å². The van der Waals surface area contributed by atoms with Crippen LogP contribution in [0.25, 0.3) is 10.4 Å². The zero-order valence-corrected chi connectivity index (χ0v) is 8.09. The van der Waals surface area contributed by atoms with Gasteiger partial charge in [0.2, 0.25) is 0 Å². The average Bonchev–Trinajstić information content (AvgIpc) is 2.25. The minimum atomic E-state index is -1.77. The molecular formula is C9H9F2N3O2. The van der Waals surface area contributed by atoms with Crippen LogP contribution in [0.5, 0.6) is 0 Å². The van der Waals surface area contributed by atoms with Gasteiger partial charge in [-0.25, -0.2) is 8.78 Å². The van der Waals surface area contributed by atoms with Crippen molar-refractivity contribution in [1.29, 1.82) is 0 Å². The number of azide groups is 1. The Morgan fingerprint density at radius 1 is 1.31 bits per heavy atom. The van der Waals surface area contributed by atoms with Gasteiger partial charge in [0.1, 0.15) is 17.7 Å². The smallest absolute Gasteiger partial charge is 0.132 e. The molecule has 0 spiro atoms. The van der Waals surface area contributed by atoms with E-state index in [-0.39, 0.29) is 0 Å². The molecule has 0 aliphatic carbocycles. The van der Waals surface area contributed by atoms with Crippen molar-refractivity contribution < 1.29 is 19.0 Å². The van der Waals surface area contributed by atoms with Gasteiger partial charge in [-0.15, -0.1) is 0 Å². The molecular weight excluding hydrogens is 220 g/mol. The molecule has 0 fully saturated rings. The van der Waals surface area contributed by atoms with Crippen LogP contribution in [0.4, 0.5) is 8.78 Å². The third-order valence-electron chi connectivity index (χ3n) is 1.99. The molecule has 2 atom stereocenters. The highest BCUT2D eigenvalue weighted by Crippen LogP contribution is 2.23. The summed E-state index contributed by atoms with van der Waals surface area (Å²) in [6, 6.07) is 3.06. The lowest BCUT2D eigenvalue weighted by Gasteiger charge is -2.17. The van der Waals surface area contributed by atoms with Crippen molar-refractivity contribution >= 4 is 0 Å². The summed E-state index contributed by atoms with van der Waals surface area (Å²) in [4.78, 5) is 2.36. The zero-order valence-electron chi connectivity index (χ0n) is 8.09. The van der Waals surface area contributed by atoms with E-state index in [9.17, 15) is 19.0 Å². The Morgan fingerprint density at radius 2 is 1.88 bits per heavy atom. The summed E-state index contributed by atoms with van der Waals surface area (Å²) >= 11 is 0. The monoisotopic (exact) mass is 229 g/mol. The highest BCUT2D eigenvalue weighted by atomic mass is 19.1. The number of aliphatic hydroxyl groups excluding tert-OH is 2. The molecule has 16 heavy (non-hydrogen) atoms. The predicted octanol–water partition coefficient (Wildman–Crippen LogP) is 1.67. The van der Waals surface area contributed by atoms with Crippen molar-refractivity contribution in [3.8, 4) is 0 Å². The van der Waals surface area contributed by atoms with Crippen LogP contribution in [0.15, 0.2) is 23.3 Å². The van der Waals surface area contributed by atoms with Crippen LogP contribution in [0.1, 0.15) is 11.7 Å². The van der Waals surface area contributed by atoms with Crippen LogP contribution in [0.3, 0.4) is 0 Å². The second-order valence-electron chi connectivity index (χ2n) is 3.06. The number of rotatable bonds is 4. The molecule has 2 N–H and O–H groups in total. The molecule has 5 nitrogen and oxygen atoms in total. The fourth-order valence-corrected chi connectivity index (χ4v) is 1.21. The Bertz CT molecular complexity index is 401. The molecule has 0 bridgehead atoms. The summed E-state index contributed by atoms with van der Waals surface area (Å²) in [7, 11) is 0. The Kier molecular flexibility index (Phi) is 4.19. The molecule has 1 aromatic carbocycles. The molecule has 0 heterocycles. The Labute approximate surface area is 89.6 Å². The van der Waals surface area contributed by atoms with Crippen molar-refractivity contribution in [3.63, 3.8) is 0 Å². The Hall–Kier alpha value is -1.69. The van der Waals surface area contributed by atoms with Gasteiger partial charge in [-0.3, -0.25) is 0 Å². The van der Waals surface area contributed by atoms with Crippen LogP contribution in [-0.2, 0) is 0 Å². The molecule has 0 radical (unpaired) electrons. The first-order chi connectivity index (χ1) is 7.57. The first-order valence-corrected chi connectivity index (χ1v) is 4.38. The number of hydrogen-bond acceptors (Lipinski definition) is 3. The first kappa shape index (κ1) is 12.4. The summed E-state index contributed by atoms with van der Waals surface area (Å²) < 4.78 is 26.3. The number of hydrogen-bond donors (Lipinski definition) is 2. The zero-order chi connectivity index (χ0) is 12.1. The van der Waals surface area contributed by atoms with Gasteiger partial charge in [-0.05, 0) is 17.7 Å². The minimum Gasteiger partial charge on any atom is -0.390 e. The standard InChI is InChI=1S/C9H9F2N3O2/c10-5-2-1-3-6(11)8(5)9(16)7(15)4-13-14-12/h1-3,7,9,15-16H,4H2. The van der Waals surface area contributed by atoms with Gasteiger partial charge < -0.3 is 10.2 Å². The third kappa shape index (κ3) is 2.66. The van der Waals surface area contributed by atoms with Gasteiger partial charge in [0.15, 0.2) is 0 Å². The first-order valence-electron chi connectivity index (χ1n) is 4.38. The lowest BCUT2D eigenvalue weighted by molar-refractivity contribution is 0.0199. The van der Waals surface area contributed by atoms with Crippen molar-refractivity contribution in [2.45, 2.75) is 12.2 Å². The highest BCUT2D eigenvalue weighted by Gasteiger charge is 2.24. The van der Waals surface area contributed by atoms with Gasteiger partial charge in [-0.1, -0.05) is 11.2 Å². The van der Waals surface area contributed by atoms with E-state index in [0.717, 1.165) is 18.2 Å². The summed E-state index contributed by atoms with van der Waals surface area (Å²) in [5.41, 5.74) is 7.36. The molecule has 1 aromatic rings. The largest absolute Gasteiger partial charge is 0.390 e. The number of aliphatic hydroxyl groups is 2. The van der Waals surface area contributed by atoms with E-state index in [1.165, 1.54) is 0 Å². The van der Waals surface area contributed by atoms with E-state index in [0.29, 0.717) is 0 Å². The molecule has 0 aliphatic heterocycles. The predicted molar refractivity (Wildman–Crippen MR) is 51.3 cm³/mol. The van der Waals surface area contributed by atoms with Gasteiger partial charge >= 0.3 is 0 Å². The minimum absolute atomic E-state index is 0.467. The normalized spacial score (nSPS) is 14.0. The number of benzene rings is 1. The van der Waals surface area contributed by atoms with Gasteiger partial charge in [0.05, 0.1) is 18.2 Å². The summed E-state index contributed by atoms with van der Waals surface area (Å²) in [6.45, 7) is -0.467. The van der Waals surface area contributed by atoms with Crippen LogP contribution < -0.4 is 0 Å². The van der Waals surface area contributed by atoms with E-state index in [1.807, 2.05) is 0 Å². The van der Waals surface area contributed by atoms with E-state index in [1.54, 1.807) is 0 Å². The molecule has 0 aromatic heterocycles. The van der Waals surface area contributed by atoms with Crippen LogP contribution in [-0.4, -0.2) is 22.9 Å². The molecule has 1 rings (SSSR count). The summed E-state index contributed by atoms with van der Waals surface area (Å²) in [5, 5.41) is 21.8. The molecule has 7 heteroatoms. The molecule has 0 saturated heterocycles. The van der Waals surface area contributed by atoms with Crippen molar-refractivity contribution in [2.75, 3.05) is 6.54 Å². The second kappa shape index (κ2) is 5.41. The number of nitrogens with zero attached hydrogens (tertiary/aromatic N) is 3. The maximum absolute atomic E-state index is 13.2. The van der Waals surface area contributed by atoms with E-state index in [2.05, 4.69) is 10.0 Å². The quantitative estimate of drug-likeness (QED) is 0.467. The average molecular weight is 229 g/mol. The summed E-state index contributed by atoms with van der Waals surface area (Å²) in [6.07, 6.45) is -3.33. The van der Waals surface area contributed by atoms with Gasteiger partial charge in [0.25, 0.3) is 0 Å². The van der Waals surface area contributed by atoms with E-state index < -0.39 is 36.0 Å². The van der Waals surface area contributed by atoms with Gasteiger partial charge in [-0.2, -0.15) is 0 Å². The van der Waals surface area contributed by atoms with Crippen molar-refractivity contribution in [2.24, 2.45) is 5.11 Å².